The Labute approximate surface area is 185 Å². The van der Waals surface area contributed by atoms with Crippen molar-refractivity contribution in [3.8, 4) is 0 Å². The number of piperazine rings is 1. The summed E-state index contributed by atoms with van der Waals surface area (Å²) in [5.74, 6) is 0.329. The first-order chi connectivity index (χ1) is 15.3. The minimum atomic E-state index is 0.0767. The van der Waals surface area contributed by atoms with E-state index in [4.69, 9.17) is 0 Å². The molecular formula is C28H30N2O. The maximum absolute atomic E-state index is 13.7. The fraction of sp³-hybridized carbons (Fsp3) is 0.321. The summed E-state index contributed by atoms with van der Waals surface area (Å²) in [5.41, 5.74) is 3.65. The largest absolute Gasteiger partial charge is 0.333 e. The second kappa shape index (κ2) is 9.07. The van der Waals surface area contributed by atoms with Gasteiger partial charge in [-0.1, -0.05) is 91.0 Å². The molecule has 0 bridgehead atoms. The molecule has 1 aliphatic carbocycles. The van der Waals surface area contributed by atoms with E-state index in [0.29, 0.717) is 6.42 Å². The minimum Gasteiger partial charge on any atom is -0.333 e. The van der Waals surface area contributed by atoms with E-state index in [2.05, 4.69) is 88.7 Å². The van der Waals surface area contributed by atoms with Gasteiger partial charge < -0.3 is 4.90 Å². The van der Waals surface area contributed by atoms with Crippen LogP contribution >= 0.6 is 0 Å². The average Bonchev–Trinajstić information content (AvgIpc) is 3.69. The Morgan fingerprint density at radius 2 is 1.32 bits per heavy atom. The number of hydrogen-bond donors (Lipinski definition) is 0. The van der Waals surface area contributed by atoms with Gasteiger partial charge in [0.05, 0.1) is 6.04 Å². The normalized spacial score (nSPS) is 19.5. The van der Waals surface area contributed by atoms with Gasteiger partial charge in [-0.25, -0.2) is 0 Å². The van der Waals surface area contributed by atoms with Gasteiger partial charge in [0.15, 0.2) is 0 Å². The van der Waals surface area contributed by atoms with Crippen molar-refractivity contribution in [1.29, 1.82) is 0 Å². The monoisotopic (exact) mass is 410 g/mol. The number of hydrogen-bond acceptors (Lipinski definition) is 2. The molecule has 0 aromatic heterocycles. The van der Waals surface area contributed by atoms with Crippen LogP contribution in [0.4, 0.5) is 0 Å². The summed E-state index contributed by atoms with van der Waals surface area (Å²) in [4.78, 5) is 18.5. The number of nitrogens with zero attached hydrogens (tertiary/aromatic N) is 2. The van der Waals surface area contributed by atoms with Crippen LogP contribution in [0.2, 0.25) is 0 Å². The molecule has 2 fully saturated rings. The molecule has 2 aliphatic rings. The lowest BCUT2D eigenvalue weighted by Gasteiger charge is -2.42. The molecule has 1 heterocycles. The van der Waals surface area contributed by atoms with Crippen molar-refractivity contribution in [2.45, 2.75) is 37.3 Å². The van der Waals surface area contributed by atoms with Crippen molar-refractivity contribution in [3.05, 3.63) is 108 Å². The van der Waals surface area contributed by atoms with Gasteiger partial charge in [0.2, 0.25) is 5.91 Å². The Morgan fingerprint density at radius 3 is 1.87 bits per heavy atom. The topological polar surface area (TPSA) is 23.6 Å². The smallest absolute Gasteiger partial charge is 0.224 e. The zero-order chi connectivity index (χ0) is 21.0. The van der Waals surface area contributed by atoms with E-state index in [1.54, 1.807) is 0 Å². The molecule has 5 rings (SSSR count). The summed E-state index contributed by atoms with van der Waals surface area (Å²) >= 11 is 0. The summed E-state index contributed by atoms with van der Waals surface area (Å²) in [6.45, 7) is 2.74. The Balaban J connectivity index is 1.41. The number of amides is 1. The molecule has 1 atom stereocenters. The third-order valence-electron chi connectivity index (χ3n) is 6.76. The molecule has 158 valence electrons. The maximum atomic E-state index is 13.7. The van der Waals surface area contributed by atoms with Gasteiger partial charge in [0.1, 0.15) is 0 Å². The van der Waals surface area contributed by atoms with Crippen LogP contribution in [-0.4, -0.2) is 41.4 Å². The average molecular weight is 411 g/mol. The highest BCUT2D eigenvalue weighted by molar-refractivity contribution is 5.78. The molecule has 1 saturated heterocycles. The lowest BCUT2D eigenvalue weighted by Crippen LogP contribution is -2.51. The molecule has 3 aromatic carbocycles. The van der Waals surface area contributed by atoms with Crippen LogP contribution in [0, 0.1) is 0 Å². The van der Waals surface area contributed by atoms with E-state index < -0.39 is 0 Å². The quantitative estimate of drug-likeness (QED) is 0.554. The van der Waals surface area contributed by atoms with Crippen LogP contribution in [0.25, 0.3) is 0 Å². The van der Waals surface area contributed by atoms with Crippen molar-refractivity contribution in [2.24, 2.45) is 0 Å². The van der Waals surface area contributed by atoms with Crippen molar-refractivity contribution in [2.75, 3.05) is 19.6 Å². The summed E-state index contributed by atoms with van der Waals surface area (Å²) in [5, 5.41) is 0. The van der Waals surface area contributed by atoms with E-state index >= 15 is 0 Å². The van der Waals surface area contributed by atoms with Gasteiger partial charge in [-0.15, -0.1) is 0 Å². The highest BCUT2D eigenvalue weighted by Gasteiger charge is 2.38. The number of carbonyl (C=O) groups excluding carboxylic acids is 1. The second-order valence-electron chi connectivity index (χ2n) is 8.82. The van der Waals surface area contributed by atoms with Crippen LogP contribution in [0.5, 0.6) is 0 Å². The van der Waals surface area contributed by atoms with Gasteiger partial charge in [-0.3, -0.25) is 9.69 Å². The molecule has 31 heavy (non-hydrogen) atoms. The predicted octanol–water partition coefficient (Wildman–Crippen LogP) is 5.26. The predicted molar refractivity (Wildman–Crippen MR) is 125 cm³/mol. The third kappa shape index (κ3) is 4.57. The van der Waals surface area contributed by atoms with Crippen LogP contribution in [0.1, 0.15) is 47.9 Å². The summed E-state index contributed by atoms with van der Waals surface area (Å²) < 4.78 is 0. The zero-order valence-corrected chi connectivity index (χ0v) is 17.9. The van der Waals surface area contributed by atoms with Gasteiger partial charge in [0.25, 0.3) is 0 Å². The van der Waals surface area contributed by atoms with Gasteiger partial charge in [-0.05, 0) is 29.5 Å². The lowest BCUT2D eigenvalue weighted by atomic mass is 9.87. The Kier molecular flexibility index (Phi) is 5.86. The van der Waals surface area contributed by atoms with E-state index in [1.807, 2.05) is 12.1 Å². The number of benzene rings is 3. The van der Waals surface area contributed by atoms with Crippen molar-refractivity contribution >= 4 is 5.91 Å². The first-order valence-corrected chi connectivity index (χ1v) is 11.5. The minimum absolute atomic E-state index is 0.0767. The van der Waals surface area contributed by atoms with Crippen molar-refractivity contribution < 1.29 is 4.79 Å². The van der Waals surface area contributed by atoms with Crippen LogP contribution < -0.4 is 0 Å². The van der Waals surface area contributed by atoms with E-state index in [0.717, 1.165) is 25.7 Å². The first kappa shape index (κ1) is 20.0. The molecule has 3 heteroatoms. The Hall–Kier alpha value is -2.91. The van der Waals surface area contributed by atoms with Gasteiger partial charge in [-0.2, -0.15) is 0 Å². The second-order valence-corrected chi connectivity index (χ2v) is 8.82. The van der Waals surface area contributed by atoms with Crippen LogP contribution in [0.3, 0.4) is 0 Å². The number of rotatable bonds is 6. The summed E-state index contributed by atoms with van der Waals surface area (Å²) in [6, 6.07) is 32.4. The van der Waals surface area contributed by atoms with E-state index in [-0.39, 0.29) is 17.9 Å². The SMILES string of the molecule is O=C(CC(c1ccccc1)c1ccccc1)N1CCN(C2CC2)CC1c1ccccc1. The lowest BCUT2D eigenvalue weighted by molar-refractivity contribution is -0.136. The first-order valence-electron chi connectivity index (χ1n) is 11.5. The maximum Gasteiger partial charge on any atom is 0.224 e. The number of carbonyl (C=O) groups is 1. The molecule has 1 aliphatic heterocycles. The molecule has 0 N–H and O–H groups in total. The van der Waals surface area contributed by atoms with Crippen molar-refractivity contribution in [1.82, 2.24) is 9.80 Å². The standard InChI is InChI=1S/C28H30N2O/c31-28(20-26(22-10-4-1-5-11-22)23-12-6-2-7-13-23)30-19-18-29(25-16-17-25)21-27(30)24-14-8-3-9-15-24/h1-15,25-27H,16-21H2. The molecule has 3 aromatic rings. The van der Waals surface area contributed by atoms with Crippen LogP contribution in [0.15, 0.2) is 91.0 Å². The van der Waals surface area contributed by atoms with E-state index in [9.17, 15) is 4.79 Å². The molecule has 1 saturated carbocycles. The zero-order valence-electron chi connectivity index (χ0n) is 17.9. The molecule has 1 unspecified atom stereocenters. The Morgan fingerprint density at radius 1 is 0.774 bits per heavy atom. The molecule has 0 spiro atoms. The van der Waals surface area contributed by atoms with E-state index in [1.165, 1.54) is 29.5 Å². The summed E-state index contributed by atoms with van der Waals surface area (Å²) in [6.07, 6.45) is 3.11. The molecule has 3 nitrogen and oxygen atoms in total. The molecular weight excluding hydrogens is 380 g/mol. The third-order valence-corrected chi connectivity index (χ3v) is 6.76. The van der Waals surface area contributed by atoms with Crippen molar-refractivity contribution in [3.63, 3.8) is 0 Å². The Bertz CT molecular complexity index is 946. The highest BCUT2D eigenvalue weighted by atomic mass is 16.2. The highest BCUT2D eigenvalue weighted by Crippen LogP contribution is 2.35. The molecule has 1 amide bonds. The van der Waals surface area contributed by atoms with Gasteiger partial charge >= 0.3 is 0 Å². The van der Waals surface area contributed by atoms with Gasteiger partial charge in [0, 0.05) is 38.0 Å². The summed E-state index contributed by atoms with van der Waals surface area (Å²) in [7, 11) is 0. The molecule has 0 radical (unpaired) electrons. The fourth-order valence-corrected chi connectivity index (χ4v) is 4.93. The fourth-order valence-electron chi connectivity index (χ4n) is 4.93. The van der Waals surface area contributed by atoms with Crippen LogP contribution in [-0.2, 0) is 4.79 Å².